The third-order valence-corrected chi connectivity index (χ3v) is 3.44. The molecule has 1 aliphatic rings. The maximum atomic E-state index is 11.0. The number of amides is 1. The van der Waals surface area contributed by atoms with Gasteiger partial charge in [-0.05, 0) is 46.7 Å². The Hall–Kier alpha value is -0.620. The number of carbonyl (C=O) groups excluding carboxylic acids is 1. The van der Waals surface area contributed by atoms with Crippen LogP contribution in [0.4, 0.5) is 0 Å². The first kappa shape index (κ1) is 11.9. The van der Waals surface area contributed by atoms with Crippen LogP contribution in [0.15, 0.2) is 24.3 Å². The molecule has 1 atom stereocenters. The summed E-state index contributed by atoms with van der Waals surface area (Å²) in [5.41, 5.74) is 1.28. The van der Waals surface area contributed by atoms with E-state index in [1.54, 1.807) is 0 Å². The maximum absolute atomic E-state index is 11.0. The zero-order valence-corrected chi connectivity index (χ0v) is 11.2. The van der Waals surface area contributed by atoms with Crippen molar-refractivity contribution in [2.75, 3.05) is 6.54 Å². The Bertz CT molecular complexity index is 364. The minimum Gasteiger partial charge on any atom is -0.352 e. The van der Waals surface area contributed by atoms with Crippen molar-refractivity contribution in [3.05, 3.63) is 33.4 Å². The van der Waals surface area contributed by atoms with Crippen LogP contribution in [-0.4, -0.2) is 18.5 Å². The van der Waals surface area contributed by atoms with Gasteiger partial charge in [-0.3, -0.25) is 4.79 Å². The first-order chi connectivity index (χ1) is 7.74. The average molecular weight is 330 g/mol. The van der Waals surface area contributed by atoms with Crippen molar-refractivity contribution >= 4 is 28.5 Å². The Morgan fingerprint density at radius 1 is 1.38 bits per heavy atom. The molecule has 1 unspecified atom stereocenters. The van der Waals surface area contributed by atoms with Crippen LogP contribution < -0.4 is 10.6 Å². The number of hydrogen-bond donors (Lipinski definition) is 2. The van der Waals surface area contributed by atoms with Crippen LogP contribution in [0, 0.1) is 3.57 Å². The maximum Gasteiger partial charge on any atom is 0.220 e. The lowest BCUT2D eigenvalue weighted by Gasteiger charge is -2.11. The summed E-state index contributed by atoms with van der Waals surface area (Å²) in [6, 6.07) is 8.78. The standard InChI is InChI=1S/C12H15IN2O/c13-10-3-1-9(2-4-10)7-14-8-11-5-6-12(16)15-11/h1-4,11,14H,5-8H2,(H,15,16). The van der Waals surface area contributed by atoms with Gasteiger partial charge >= 0.3 is 0 Å². The van der Waals surface area contributed by atoms with E-state index in [1.165, 1.54) is 9.13 Å². The van der Waals surface area contributed by atoms with E-state index < -0.39 is 0 Å². The van der Waals surface area contributed by atoms with Gasteiger partial charge in [0.25, 0.3) is 0 Å². The van der Waals surface area contributed by atoms with E-state index in [0.29, 0.717) is 12.5 Å². The molecule has 1 aliphatic heterocycles. The summed E-state index contributed by atoms with van der Waals surface area (Å²) in [4.78, 5) is 11.0. The predicted molar refractivity (Wildman–Crippen MR) is 72.0 cm³/mol. The Kier molecular flexibility index (Phi) is 4.17. The molecule has 1 aromatic carbocycles. The number of rotatable bonds is 4. The van der Waals surface area contributed by atoms with Gasteiger partial charge in [-0.25, -0.2) is 0 Å². The Morgan fingerprint density at radius 2 is 2.12 bits per heavy atom. The van der Waals surface area contributed by atoms with Gasteiger partial charge in [-0.1, -0.05) is 12.1 Å². The summed E-state index contributed by atoms with van der Waals surface area (Å²) < 4.78 is 1.25. The minimum atomic E-state index is 0.182. The summed E-state index contributed by atoms with van der Waals surface area (Å²) in [5, 5.41) is 6.31. The normalized spacial score (nSPS) is 19.8. The van der Waals surface area contributed by atoms with Gasteiger partial charge < -0.3 is 10.6 Å². The average Bonchev–Trinajstić information content (AvgIpc) is 2.67. The van der Waals surface area contributed by atoms with E-state index in [0.717, 1.165) is 19.5 Å². The van der Waals surface area contributed by atoms with Crippen LogP contribution in [0.3, 0.4) is 0 Å². The van der Waals surface area contributed by atoms with Gasteiger partial charge in [0.1, 0.15) is 0 Å². The van der Waals surface area contributed by atoms with E-state index in [4.69, 9.17) is 0 Å². The molecule has 0 radical (unpaired) electrons. The second-order valence-electron chi connectivity index (χ2n) is 4.06. The Morgan fingerprint density at radius 3 is 2.75 bits per heavy atom. The Balaban J connectivity index is 1.72. The van der Waals surface area contributed by atoms with Gasteiger partial charge in [-0.2, -0.15) is 0 Å². The van der Waals surface area contributed by atoms with E-state index in [9.17, 15) is 4.79 Å². The zero-order chi connectivity index (χ0) is 11.4. The number of benzene rings is 1. The van der Waals surface area contributed by atoms with Crippen molar-refractivity contribution in [1.82, 2.24) is 10.6 Å². The fraction of sp³-hybridized carbons (Fsp3) is 0.417. The molecule has 0 bridgehead atoms. The van der Waals surface area contributed by atoms with E-state index >= 15 is 0 Å². The topological polar surface area (TPSA) is 41.1 Å². The second kappa shape index (κ2) is 5.63. The zero-order valence-electron chi connectivity index (χ0n) is 9.00. The summed E-state index contributed by atoms with van der Waals surface area (Å²) in [6.07, 6.45) is 1.63. The van der Waals surface area contributed by atoms with Crippen LogP contribution in [0.1, 0.15) is 18.4 Å². The van der Waals surface area contributed by atoms with Crippen LogP contribution in [0.5, 0.6) is 0 Å². The van der Waals surface area contributed by atoms with Crippen LogP contribution in [-0.2, 0) is 11.3 Å². The highest BCUT2D eigenvalue weighted by molar-refractivity contribution is 14.1. The van der Waals surface area contributed by atoms with Crippen LogP contribution >= 0.6 is 22.6 Å². The van der Waals surface area contributed by atoms with Crippen molar-refractivity contribution in [1.29, 1.82) is 0 Å². The highest BCUT2D eigenvalue weighted by Gasteiger charge is 2.19. The lowest BCUT2D eigenvalue weighted by molar-refractivity contribution is -0.119. The molecule has 16 heavy (non-hydrogen) atoms. The fourth-order valence-corrected chi connectivity index (χ4v) is 2.18. The third-order valence-electron chi connectivity index (χ3n) is 2.72. The molecular weight excluding hydrogens is 315 g/mol. The fourth-order valence-electron chi connectivity index (χ4n) is 1.82. The van der Waals surface area contributed by atoms with Gasteiger partial charge in [0, 0.05) is 29.1 Å². The number of carbonyl (C=O) groups is 1. The SMILES string of the molecule is O=C1CCC(CNCc2ccc(I)cc2)N1. The van der Waals surface area contributed by atoms with Crippen molar-refractivity contribution in [3.63, 3.8) is 0 Å². The molecule has 1 aromatic rings. The van der Waals surface area contributed by atoms with Gasteiger partial charge in [0.15, 0.2) is 0 Å². The monoisotopic (exact) mass is 330 g/mol. The molecule has 1 saturated heterocycles. The molecule has 1 heterocycles. The molecule has 1 fully saturated rings. The molecule has 4 heteroatoms. The third kappa shape index (κ3) is 3.45. The summed E-state index contributed by atoms with van der Waals surface area (Å²) in [7, 11) is 0. The van der Waals surface area contributed by atoms with Crippen molar-refractivity contribution in [3.8, 4) is 0 Å². The lowest BCUT2D eigenvalue weighted by Crippen LogP contribution is -2.35. The predicted octanol–water partition coefficient (Wildman–Crippen LogP) is 1.66. The minimum absolute atomic E-state index is 0.182. The number of halogens is 1. The van der Waals surface area contributed by atoms with E-state index in [1.807, 2.05) is 0 Å². The molecule has 1 amide bonds. The number of nitrogens with one attached hydrogen (secondary N) is 2. The van der Waals surface area contributed by atoms with Crippen molar-refractivity contribution < 1.29 is 4.79 Å². The van der Waals surface area contributed by atoms with Crippen LogP contribution in [0.2, 0.25) is 0 Å². The van der Waals surface area contributed by atoms with E-state index in [-0.39, 0.29) is 5.91 Å². The molecule has 0 aromatic heterocycles. The molecule has 86 valence electrons. The van der Waals surface area contributed by atoms with Crippen molar-refractivity contribution in [2.45, 2.75) is 25.4 Å². The van der Waals surface area contributed by atoms with Crippen LogP contribution in [0.25, 0.3) is 0 Å². The summed E-state index contributed by atoms with van der Waals surface area (Å²) in [5.74, 6) is 0.182. The lowest BCUT2D eigenvalue weighted by atomic mass is 10.2. The highest BCUT2D eigenvalue weighted by atomic mass is 127. The van der Waals surface area contributed by atoms with E-state index in [2.05, 4.69) is 57.5 Å². The quantitative estimate of drug-likeness (QED) is 0.825. The number of hydrogen-bond acceptors (Lipinski definition) is 2. The largest absolute Gasteiger partial charge is 0.352 e. The molecule has 2 rings (SSSR count). The van der Waals surface area contributed by atoms with Crippen molar-refractivity contribution in [2.24, 2.45) is 0 Å². The molecule has 2 N–H and O–H groups in total. The molecule has 0 saturated carbocycles. The first-order valence-electron chi connectivity index (χ1n) is 5.48. The second-order valence-corrected chi connectivity index (χ2v) is 5.31. The Labute approximate surface area is 109 Å². The molecule has 3 nitrogen and oxygen atoms in total. The van der Waals surface area contributed by atoms with Gasteiger partial charge in [0.2, 0.25) is 5.91 Å². The summed E-state index contributed by atoms with van der Waals surface area (Å²) >= 11 is 2.30. The molecular formula is C12H15IN2O. The highest BCUT2D eigenvalue weighted by Crippen LogP contribution is 2.07. The van der Waals surface area contributed by atoms with Gasteiger partial charge in [0.05, 0.1) is 0 Å². The first-order valence-corrected chi connectivity index (χ1v) is 6.56. The smallest absolute Gasteiger partial charge is 0.220 e. The molecule has 0 aliphatic carbocycles. The molecule has 0 spiro atoms. The van der Waals surface area contributed by atoms with Gasteiger partial charge in [-0.15, -0.1) is 0 Å². The summed E-state index contributed by atoms with van der Waals surface area (Å²) in [6.45, 7) is 1.72.